The topological polar surface area (TPSA) is 70.0 Å². The molecule has 1 aromatic rings. The minimum Gasteiger partial charge on any atom is -0.207 e. The summed E-state index contributed by atoms with van der Waals surface area (Å²) in [6.07, 6.45) is 0. The number of halogens is 1. The van der Waals surface area contributed by atoms with Gasteiger partial charge >= 0.3 is 0 Å². The first-order valence-corrected chi connectivity index (χ1v) is 7.32. The second-order valence-corrected chi connectivity index (χ2v) is 6.44. The van der Waals surface area contributed by atoms with Crippen LogP contribution in [-0.2, 0) is 10.0 Å². The molecule has 0 aliphatic rings. The number of nitrogens with one attached hydrogen (secondary N) is 1. The van der Waals surface area contributed by atoms with E-state index in [4.69, 9.17) is 5.26 Å². The van der Waals surface area contributed by atoms with Gasteiger partial charge in [0.1, 0.15) is 6.04 Å². The third-order valence-electron chi connectivity index (χ3n) is 2.21. The van der Waals surface area contributed by atoms with Crippen molar-refractivity contribution in [3.63, 3.8) is 0 Å². The largest absolute Gasteiger partial charge is 0.242 e. The van der Waals surface area contributed by atoms with Crippen LogP contribution in [0.2, 0.25) is 0 Å². The number of benzene rings is 1. The minimum absolute atomic E-state index is 0.0859. The summed E-state index contributed by atoms with van der Waals surface area (Å²) in [7, 11) is -3.67. The van der Waals surface area contributed by atoms with Crippen molar-refractivity contribution in [2.24, 2.45) is 5.92 Å². The Bertz CT molecular complexity index is 535. The van der Waals surface area contributed by atoms with E-state index < -0.39 is 16.1 Å². The fraction of sp³-hybridized carbons (Fsp3) is 0.364. The van der Waals surface area contributed by atoms with Crippen LogP contribution in [0.3, 0.4) is 0 Å². The van der Waals surface area contributed by atoms with Gasteiger partial charge in [0.25, 0.3) is 0 Å². The molecule has 0 bridgehead atoms. The predicted octanol–water partition coefficient (Wildman–Crippen LogP) is 2.28. The molecule has 0 amide bonds. The van der Waals surface area contributed by atoms with Gasteiger partial charge in [-0.15, -0.1) is 0 Å². The van der Waals surface area contributed by atoms with Gasteiger partial charge in [0, 0.05) is 4.47 Å². The lowest BCUT2D eigenvalue weighted by Gasteiger charge is -2.15. The normalized spacial score (nSPS) is 13.4. The number of sulfonamides is 1. The van der Waals surface area contributed by atoms with Crippen molar-refractivity contribution in [2.75, 3.05) is 0 Å². The van der Waals surface area contributed by atoms with Crippen molar-refractivity contribution in [3.05, 3.63) is 28.7 Å². The Morgan fingerprint density at radius 3 is 2.41 bits per heavy atom. The fourth-order valence-corrected chi connectivity index (χ4v) is 3.50. The lowest BCUT2D eigenvalue weighted by atomic mass is 10.1. The van der Waals surface area contributed by atoms with E-state index in [9.17, 15) is 8.42 Å². The smallest absolute Gasteiger partial charge is 0.207 e. The van der Waals surface area contributed by atoms with Crippen molar-refractivity contribution in [1.29, 1.82) is 5.26 Å². The molecule has 92 valence electrons. The monoisotopic (exact) mass is 316 g/mol. The van der Waals surface area contributed by atoms with E-state index in [0.717, 1.165) is 0 Å². The van der Waals surface area contributed by atoms with E-state index in [-0.39, 0.29) is 10.8 Å². The molecule has 4 nitrogen and oxygen atoms in total. The molecule has 0 aliphatic carbocycles. The summed E-state index contributed by atoms with van der Waals surface area (Å²) >= 11 is 3.18. The summed E-state index contributed by atoms with van der Waals surface area (Å²) in [5.74, 6) is -0.0859. The Hall–Kier alpha value is -0.900. The van der Waals surface area contributed by atoms with E-state index in [1.165, 1.54) is 6.07 Å². The van der Waals surface area contributed by atoms with E-state index in [1.54, 1.807) is 32.0 Å². The van der Waals surface area contributed by atoms with Crippen LogP contribution in [0.5, 0.6) is 0 Å². The van der Waals surface area contributed by atoms with Crippen molar-refractivity contribution in [3.8, 4) is 6.07 Å². The number of nitriles is 1. The highest BCUT2D eigenvalue weighted by atomic mass is 79.9. The van der Waals surface area contributed by atoms with Crippen molar-refractivity contribution < 1.29 is 8.42 Å². The van der Waals surface area contributed by atoms with E-state index in [0.29, 0.717) is 4.47 Å². The Morgan fingerprint density at radius 1 is 1.35 bits per heavy atom. The van der Waals surface area contributed by atoms with Gasteiger partial charge in [0.05, 0.1) is 11.0 Å². The number of hydrogen-bond donors (Lipinski definition) is 1. The third kappa shape index (κ3) is 3.53. The molecule has 0 saturated carbocycles. The van der Waals surface area contributed by atoms with E-state index in [1.807, 2.05) is 6.07 Å². The molecule has 0 heterocycles. The van der Waals surface area contributed by atoms with Crippen LogP contribution in [0, 0.1) is 17.2 Å². The Kier molecular flexibility index (Phi) is 4.69. The number of rotatable bonds is 4. The highest BCUT2D eigenvalue weighted by molar-refractivity contribution is 9.10. The molecular weight excluding hydrogens is 304 g/mol. The lowest BCUT2D eigenvalue weighted by molar-refractivity contribution is 0.515. The SMILES string of the molecule is CC(C)C(C#N)NS(=O)(=O)c1ccccc1Br. The number of nitrogens with zero attached hydrogens (tertiary/aromatic N) is 1. The van der Waals surface area contributed by atoms with Gasteiger partial charge in [0.2, 0.25) is 10.0 Å². The molecule has 0 radical (unpaired) electrons. The van der Waals surface area contributed by atoms with Gasteiger partial charge in [-0.25, -0.2) is 8.42 Å². The van der Waals surface area contributed by atoms with Crippen molar-refractivity contribution in [2.45, 2.75) is 24.8 Å². The Balaban J connectivity index is 3.06. The maximum Gasteiger partial charge on any atom is 0.242 e. The van der Waals surface area contributed by atoms with Crippen LogP contribution in [0.25, 0.3) is 0 Å². The van der Waals surface area contributed by atoms with Gasteiger partial charge < -0.3 is 0 Å². The first-order chi connectivity index (χ1) is 7.88. The molecular formula is C11H13BrN2O2S. The summed E-state index contributed by atoms with van der Waals surface area (Å²) in [6.45, 7) is 3.58. The van der Waals surface area contributed by atoms with Gasteiger partial charge in [-0.05, 0) is 34.0 Å². The summed E-state index contributed by atoms with van der Waals surface area (Å²) in [4.78, 5) is 0.140. The third-order valence-corrected chi connectivity index (χ3v) is 4.67. The van der Waals surface area contributed by atoms with Crippen LogP contribution < -0.4 is 4.72 Å². The van der Waals surface area contributed by atoms with Crippen molar-refractivity contribution >= 4 is 26.0 Å². The van der Waals surface area contributed by atoms with Crippen molar-refractivity contribution in [1.82, 2.24) is 4.72 Å². The molecule has 0 saturated heterocycles. The highest BCUT2D eigenvalue weighted by Gasteiger charge is 2.23. The van der Waals surface area contributed by atoms with Gasteiger partial charge in [-0.3, -0.25) is 0 Å². The number of hydrogen-bond acceptors (Lipinski definition) is 3. The molecule has 1 rings (SSSR count). The molecule has 0 aliphatic heterocycles. The average Bonchev–Trinajstić information content (AvgIpc) is 2.26. The molecule has 1 N–H and O–H groups in total. The zero-order valence-corrected chi connectivity index (χ0v) is 11.9. The van der Waals surface area contributed by atoms with Gasteiger partial charge in [-0.1, -0.05) is 26.0 Å². The molecule has 0 spiro atoms. The summed E-state index contributed by atoms with van der Waals surface area (Å²) in [5.41, 5.74) is 0. The van der Waals surface area contributed by atoms with Crippen LogP contribution in [0.4, 0.5) is 0 Å². The average molecular weight is 317 g/mol. The molecule has 1 unspecified atom stereocenters. The first-order valence-electron chi connectivity index (χ1n) is 5.05. The second-order valence-electron chi connectivity index (χ2n) is 3.90. The quantitative estimate of drug-likeness (QED) is 0.926. The summed E-state index contributed by atoms with van der Waals surface area (Å²) < 4.78 is 26.9. The molecule has 0 fully saturated rings. The summed E-state index contributed by atoms with van der Waals surface area (Å²) in [5, 5.41) is 8.89. The molecule has 6 heteroatoms. The lowest BCUT2D eigenvalue weighted by Crippen LogP contribution is -2.37. The molecule has 1 aromatic carbocycles. The van der Waals surface area contributed by atoms with Crippen LogP contribution in [0.15, 0.2) is 33.6 Å². The van der Waals surface area contributed by atoms with Crippen LogP contribution in [-0.4, -0.2) is 14.5 Å². The first kappa shape index (κ1) is 14.2. The van der Waals surface area contributed by atoms with Crippen LogP contribution in [0.1, 0.15) is 13.8 Å². The van der Waals surface area contributed by atoms with Gasteiger partial charge in [0.15, 0.2) is 0 Å². The zero-order valence-electron chi connectivity index (χ0n) is 9.51. The van der Waals surface area contributed by atoms with E-state index in [2.05, 4.69) is 20.7 Å². The zero-order chi connectivity index (χ0) is 13.1. The predicted molar refractivity (Wildman–Crippen MR) is 68.7 cm³/mol. The van der Waals surface area contributed by atoms with Gasteiger partial charge in [-0.2, -0.15) is 9.98 Å². The maximum absolute atomic E-state index is 12.0. The Labute approximate surface area is 110 Å². The van der Waals surface area contributed by atoms with E-state index >= 15 is 0 Å². The fourth-order valence-electron chi connectivity index (χ4n) is 1.20. The standard InChI is InChI=1S/C11H13BrN2O2S/c1-8(2)10(7-13)14-17(15,16)11-6-4-3-5-9(11)12/h3-6,8,10,14H,1-2H3. The summed E-state index contributed by atoms with van der Waals surface area (Å²) in [6, 6.07) is 7.71. The highest BCUT2D eigenvalue weighted by Crippen LogP contribution is 2.21. The Morgan fingerprint density at radius 2 is 1.94 bits per heavy atom. The minimum atomic E-state index is -3.67. The second kappa shape index (κ2) is 5.63. The van der Waals surface area contributed by atoms with Crippen LogP contribution >= 0.6 is 15.9 Å². The molecule has 17 heavy (non-hydrogen) atoms. The maximum atomic E-state index is 12.0. The molecule has 1 atom stereocenters. The molecule has 0 aromatic heterocycles.